The minimum absolute atomic E-state index is 0.728. The third-order valence-electron chi connectivity index (χ3n) is 2.16. The fourth-order valence-electron chi connectivity index (χ4n) is 1.30. The third-order valence-corrected chi connectivity index (χ3v) is 3.17. The van der Waals surface area contributed by atoms with Gasteiger partial charge in [0.25, 0.3) is 0 Å². The van der Waals surface area contributed by atoms with Crippen LogP contribution in [0.3, 0.4) is 0 Å². The molecule has 0 amide bonds. The molecule has 0 atom stereocenters. The molecule has 0 saturated carbocycles. The summed E-state index contributed by atoms with van der Waals surface area (Å²) in [4.78, 5) is 1.30. The van der Waals surface area contributed by atoms with Crippen LogP contribution < -0.4 is 10.1 Å². The van der Waals surface area contributed by atoms with Crippen LogP contribution in [0.4, 0.5) is 0 Å². The van der Waals surface area contributed by atoms with E-state index in [9.17, 15) is 0 Å². The maximum atomic E-state index is 5.12. The van der Waals surface area contributed by atoms with Crippen LogP contribution in [-0.4, -0.2) is 26.0 Å². The van der Waals surface area contributed by atoms with E-state index in [2.05, 4.69) is 31.3 Å². The standard InChI is InChI=1S/C13H21NOS/c1-11(2)10-14-8-9-16-13-6-4-12(15-3)5-7-13/h4-7,11,14H,8-10H2,1-3H3. The van der Waals surface area contributed by atoms with Crippen molar-refractivity contribution in [3.05, 3.63) is 24.3 Å². The first-order chi connectivity index (χ1) is 7.72. The fraction of sp³-hybridized carbons (Fsp3) is 0.538. The summed E-state index contributed by atoms with van der Waals surface area (Å²) in [5.41, 5.74) is 0. The van der Waals surface area contributed by atoms with E-state index in [0.29, 0.717) is 0 Å². The molecule has 1 N–H and O–H groups in total. The first kappa shape index (κ1) is 13.4. The summed E-state index contributed by atoms with van der Waals surface area (Å²) in [6.07, 6.45) is 0. The van der Waals surface area contributed by atoms with Crippen LogP contribution in [0.5, 0.6) is 5.75 Å². The SMILES string of the molecule is COc1ccc(SCCNCC(C)C)cc1. The van der Waals surface area contributed by atoms with Gasteiger partial charge >= 0.3 is 0 Å². The molecule has 3 heteroatoms. The van der Waals surface area contributed by atoms with Crippen LogP contribution in [-0.2, 0) is 0 Å². The zero-order chi connectivity index (χ0) is 11.8. The summed E-state index contributed by atoms with van der Waals surface area (Å²) in [6, 6.07) is 8.21. The highest BCUT2D eigenvalue weighted by molar-refractivity contribution is 7.99. The van der Waals surface area contributed by atoms with Crippen molar-refractivity contribution in [2.75, 3.05) is 26.0 Å². The molecule has 0 saturated heterocycles. The molecule has 90 valence electrons. The molecule has 0 heterocycles. The Morgan fingerprint density at radius 1 is 1.25 bits per heavy atom. The van der Waals surface area contributed by atoms with Gasteiger partial charge in [-0.25, -0.2) is 0 Å². The lowest BCUT2D eigenvalue weighted by atomic mass is 10.2. The van der Waals surface area contributed by atoms with Crippen LogP contribution in [0, 0.1) is 5.92 Å². The highest BCUT2D eigenvalue weighted by atomic mass is 32.2. The van der Waals surface area contributed by atoms with E-state index in [1.165, 1.54) is 4.90 Å². The second-order valence-electron chi connectivity index (χ2n) is 4.12. The highest BCUT2D eigenvalue weighted by Gasteiger charge is 1.96. The van der Waals surface area contributed by atoms with Gasteiger partial charge in [0.15, 0.2) is 0 Å². The van der Waals surface area contributed by atoms with Crippen LogP contribution in [0.25, 0.3) is 0 Å². The van der Waals surface area contributed by atoms with Crippen molar-refractivity contribution in [3.8, 4) is 5.75 Å². The van der Waals surface area contributed by atoms with Crippen LogP contribution in [0.15, 0.2) is 29.2 Å². The maximum absolute atomic E-state index is 5.12. The molecule has 0 aromatic heterocycles. The van der Waals surface area contributed by atoms with Crippen molar-refractivity contribution >= 4 is 11.8 Å². The fourth-order valence-corrected chi connectivity index (χ4v) is 2.11. The van der Waals surface area contributed by atoms with Gasteiger partial charge in [-0.05, 0) is 36.7 Å². The smallest absolute Gasteiger partial charge is 0.118 e. The van der Waals surface area contributed by atoms with Gasteiger partial charge in [0.2, 0.25) is 0 Å². The van der Waals surface area contributed by atoms with Crippen molar-refractivity contribution in [2.45, 2.75) is 18.7 Å². The lowest BCUT2D eigenvalue weighted by Gasteiger charge is -2.07. The van der Waals surface area contributed by atoms with Gasteiger partial charge in [-0.3, -0.25) is 0 Å². The second-order valence-corrected chi connectivity index (χ2v) is 5.29. The summed E-state index contributed by atoms with van der Waals surface area (Å²) < 4.78 is 5.12. The van der Waals surface area contributed by atoms with E-state index >= 15 is 0 Å². The molecule has 0 aliphatic rings. The summed E-state index contributed by atoms with van der Waals surface area (Å²) in [5, 5.41) is 3.43. The van der Waals surface area contributed by atoms with Gasteiger partial charge in [0, 0.05) is 17.2 Å². The summed E-state index contributed by atoms with van der Waals surface area (Å²) >= 11 is 1.87. The Hall–Kier alpha value is -0.670. The predicted molar refractivity (Wildman–Crippen MR) is 71.4 cm³/mol. The monoisotopic (exact) mass is 239 g/mol. The average Bonchev–Trinajstić information content (AvgIpc) is 2.29. The minimum Gasteiger partial charge on any atom is -0.497 e. The molecule has 0 unspecified atom stereocenters. The van der Waals surface area contributed by atoms with E-state index in [-0.39, 0.29) is 0 Å². The Bertz CT molecular complexity index is 284. The van der Waals surface area contributed by atoms with E-state index in [1.54, 1.807) is 7.11 Å². The van der Waals surface area contributed by atoms with Crippen molar-refractivity contribution in [2.24, 2.45) is 5.92 Å². The van der Waals surface area contributed by atoms with Crippen molar-refractivity contribution in [1.82, 2.24) is 5.32 Å². The summed E-state index contributed by atoms with van der Waals surface area (Å²) in [5.74, 6) is 2.76. The van der Waals surface area contributed by atoms with Gasteiger partial charge in [-0.1, -0.05) is 13.8 Å². The molecule has 0 aliphatic heterocycles. The first-order valence-electron chi connectivity index (χ1n) is 5.70. The molecule has 0 fully saturated rings. The Kier molecular flexibility index (Phi) is 6.34. The van der Waals surface area contributed by atoms with Gasteiger partial charge in [0.1, 0.15) is 5.75 Å². The zero-order valence-corrected chi connectivity index (χ0v) is 11.1. The largest absolute Gasteiger partial charge is 0.497 e. The normalized spacial score (nSPS) is 10.8. The average molecular weight is 239 g/mol. The topological polar surface area (TPSA) is 21.3 Å². The van der Waals surface area contributed by atoms with Gasteiger partial charge in [-0.2, -0.15) is 0 Å². The molecule has 1 aromatic carbocycles. The lowest BCUT2D eigenvalue weighted by Crippen LogP contribution is -2.21. The lowest BCUT2D eigenvalue weighted by molar-refractivity contribution is 0.414. The van der Waals surface area contributed by atoms with Crippen LogP contribution in [0.1, 0.15) is 13.8 Å². The highest BCUT2D eigenvalue weighted by Crippen LogP contribution is 2.20. The number of methoxy groups -OCH3 is 1. The van der Waals surface area contributed by atoms with Crippen molar-refractivity contribution < 1.29 is 4.74 Å². The van der Waals surface area contributed by atoms with Crippen LogP contribution >= 0.6 is 11.8 Å². The number of nitrogens with one attached hydrogen (secondary N) is 1. The predicted octanol–water partition coefficient (Wildman–Crippen LogP) is 3.03. The molecule has 16 heavy (non-hydrogen) atoms. The van der Waals surface area contributed by atoms with E-state index in [0.717, 1.165) is 30.5 Å². The molecular weight excluding hydrogens is 218 g/mol. The van der Waals surface area contributed by atoms with Gasteiger partial charge in [0.05, 0.1) is 7.11 Å². The maximum Gasteiger partial charge on any atom is 0.118 e. The van der Waals surface area contributed by atoms with Crippen molar-refractivity contribution in [1.29, 1.82) is 0 Å². The van der Waals surface area contributed by atoms with E-state index in [4.69, 9.17) is 4.74 Å². The molecule has 0 radical (unpaired) electrons. The molecule has 0 aliphatic carbocycles. The van der Waals surface area contributed by atoms with E-state index in [1.807, 2.05) is 23.9 Å². The Morgan fingerprint density at radius 3 is 2.50 bits per heavy atom. The zero-order valence-electron chi connectivity index (χ0n) is 10.3. The summed E-state index contributed by atoms with van der Waals surface area (Å²) in [7, 11) is 1.69. The van der Waals surface area contributed by atoms with Crippen LogP contribution in [0.2, 0.25) is 0 Å². The first-order valence-corrected chi connectivity index (χ1v) is 6.68. The Morgan fingerprint density at radius 2 is 1.94 bits per heavy atom. The van der Waals surface area contributed by atoms with E-state index < -0.39 is 0 Å². The Labute approximate surface area is 103 Å². The number of ether oxygens (including phenoxy) is 1. The van der Waals surface area contributed by atoms with Gasteiger partial charge in [-0.15, -0.1) is 11.8 Å². The molecule has 2 nitrogen and oxygen atoms in total. The molecule has 0 spiro atoms. The number of thioether (sulfide) groups is 1. The molecule has 1 aromatic rings. The summed E-state index contributed by atoms with van der Waals surface area (Å²) in [6.45, 7) is 6.62. The number of rotatable bonds is 7. The Balaban J connectivity index is 2.16. The number of hydrogen-bond donors (Lipinski definition) is 1. The third kappa shape index (κ3) is 5.42. The molecule has 0 bridgehead atoms. The number of hydrogen-bond acceptors (Lipinski definition) is 3. The molecule has 1 rings (SSSR count). The minimum atomic E-state index is 0.728. The quantitative estimate of drug-likeness (QED) is 0.584. The molecular formula is C13H21NOS. The van der Waals surface area contributed by atoms with Gasteiger partial charge < -0.3 is 10.1 Å². The van der Waals surface area contributed by atoms with Crippen molar-refractivity contribution in [3.63, 3.8) is 0 Å². The second kappa shape index (κ2) is 7.58. The number of benzene rings is 1.